The summed E-state index contributed by atoms with van der Waals surface area (Å²) in [6.07, 6.45) is 1.62. The standard InChI is InChI=1S/C19H14Cl2N2O3S2/c1-26-13-7-5-12(6-8-13)22-16(24)10-23-18(25)15(28-19(23)27)9-11-3-2-4-14(20)17(11)21/h2-9H,10H2,1H3,(H,22,24)/b15-9-. The maximum atomic E-state index is 12.7. The molecular weight excluding hydrogens is 439 g/mol. The molecule has 1 saturated heterocycles. The molecule has 9 heteroatoms. The van der Waals surface area contributed by atoms with E-state index in [1.54, 1.807) is 55.7 Å². The Hall–Kier alpha value is -2.06. The van der Waals surface area contributed by atoms with Crippen molar-refractivity contribution in [1.29, 1.82) is 0 Å². The molecule has 0 radical (unpaired) electrons. The zero-order valence-electron chi connectivity index (χ0n) is 14.6. The largest absolute Gasteiger partial charge is 0.497 e. The molecule has 0 aromatic heterocycles. The van der Waals surface area contributed by atoms with Gasteiger partial charge in [0.2, 0.25) is 5.91 Å². The summed E-state index contributed by atoms with van der Waals surface area (Å²) in [5.74, 6) is -0.0285. The van der Waals surface area contributed by atoms with Gasteiger partial charge in [-0.3, -0.25) is 14.5 Å². The van der Waals surface area contributed by atoms with Gasteiger partial charge >= 0.3 is 0 Å². The second-order valence-electron chi connectivity index (χ2n) is 5.69. The normalized spacial score (nSPS) is 15.2. The quantitative estimate of drug-likeness (QED) is 0.519. The van der Waals surface area contributed by atoms with Crippen LogP contribution >= 0.6 is 47.2 Å². The number of anilines is 1. The number of ether oxygens (including phenoxy) is 1. The van der Waals surface area contributed by atoms with Crippen LogP contribution in [-0.4, -0.2) is 34.7 Å². The number of benzene rings is 2. The number of carbonyl (C=O) groups is 2. The summed E-state index contributed by atoms with van der Waals surface area (Å²) in [4.78, 5) is 26.6. The van der Waals surface area contributed by atoms with E-state index in [-0.39, 0.29) is 18.4 Å². The number of rotatable bonds is 5. The van der Waals surface area contributed by atoms with Crippen molar-refractivity contribution in [3.8, 4) is 5.75 Å². The van der Waals surface area contributed by atoms with Crippen LogP contribution in [0.25, 0.3) is 6.08 Å². The highest BCUT2D eigenvalue weighted by molar-refractivity contribution is 8.26. The van der Waals surface area contributed by atoms with Gasteiger partial charge in [0.15, 0.2) is 0 Å². The minimum absolute atomic E-state index is 0.183. The summed E-state index contributed by atoms with van der Waals surface area (Å²) >= 11 is 18.6. The van der Waals surface area contributed by atoms with Gasteiger partial charge in [0.1, 0.15) is 16.6 Å². The Morgan fingerprint density at radius 3 is 2.64 bits per heavy atom. The van der Waals surface area contributed by atoms with E-state index >= 15 is 0 Å². The number of nitrogens with zero attached hydrogens (tertiary/aromatic N) is 1. The fraction of sp³-hybridized carbons (Fsp3) is 0.105. The lowest BCUT2D eigenvalue weighted by Crippen LogP contribution is -2.36. The molecule has 1 fully saturated rings. The van der Waals surface area contributed by atoms with Gasteiger partial charge in [-0.15, -0.1) is 0 Å². The monoisotopic (exact) mass is 452 g/mol. The predicted molar refractivity (Wildman–Crippen MR) is 118 cm³/mol. The maximum Gasteiger partial charge on any atom is 0.266 e. The number of thiocarbonyl (C=S) groups is 1. The molecule has 1 N–H and O–H groups in total. The smallest absolute Gasteiger partial charge is 0.266 e. The first-order valence-electron chi connectivity index (χ1n) is 8.02. The van der Waals surface area contributed by atoms with Crippen LogP contribution in [0.3, 0.4) is 0 Å². The fourth-order valence-corrected chi connectivity index (χ4v) is 4.04. The second kappa shape index (κ2) is 8.96. The molecule has 1 heterocycles. The van der Waals surface area contributed by atoms with E-state index < -0.39 is 0 Å². The van der Waals surface area contributed by atoms with Gasteiger partial charge in [0.25, 0.3) is 5.91 Å². The zero-order valence-corrected chi connectivity index (χ0v) is 17.7. The molecule has 28 heavy (non-hydrogen) atoms. The van der Waals surface area contributed by atoms with Crippen LogP contribution in [0.5, 0.6) is 5.75 Å². The first kappa shape index (κ1) is 20.7. The Morgan fingerprint density at radius 1 is 1.25 bits per heavy atom. The van der Waals surface area contributed by atoms with Gasteiger partial charge in [-0.1, -0.05) is 59.3 Å². The number of carbonyl (C=O) groups excluding carboxylic acids is 2. The average Bonchev–Trinajstić information content (AvgIpc) is 2.93. The molecular formula is C19H14Cl2N2O3S2. The van der Waals surface area contributed by atoms with Crippen LogP contribution in [-0.2, 0) is 9.59 Å². The second-order valence-corrected chi connectivity index (χ2v) is 8.15. The number of amides is 2. The van der Waals surface area contributed by atoms with Crippen LogP contribution in [0.2, 0.25) is 10.0 Å². The molecule has 0 aliphatic carbocycles. The van der Waals surface area contributed by atoms with Crippen molar-refractivity contribution >= 4 is 75.1 Å². The topological polar surface area (TPSA) is 58.6 Å². The molecule has 3 rings (SSSR count). The highest BCUT2D eigenvalue weighted by Crippen LogP contribution is 2.35. The first-order valence-corrected chi connectivity index (χ1v) is 10.0. The number of nitrogens with one attached hydrogen (secondary N) is 1. The van der Waals surface area contributed by atoms with Gasteiger partial charge in [-0.25, -0.2) is 0 Å². The summed E-state index contributed by atoms with van der Waals surface area (Å²) in [7, 11) is 1.56. The highest BCUT2D eigenvalue weighted by atomic mass is 35.5. The number of halogens is 2. The Kier molecular flexibility index (Phi) is 6.61. The fourth-order valence-electron chi connectivity index (χ4n) is 2.43. The van der Waals surface area contributed by atoms with Crippen molar-refractivity contribution < 1.29 is 14.3 Å². The van der Waals surface area contributed by atoms with Crippen LogP contribution in [0.15, 0.2) is 47.4 Å². The van der Waals surface area contributed by atoms with Crippen molar-refractivity contribution in [2.75, 3.05) is 19.0 Å². The van der Waals surface area contributed by atoms with Crippen molar-refractivity contribution in [3.05, 3.63) is 63.0 Å². The lowest BCUT2D eigenvalue weighted by atomic mass is 10.2. The van der Waals surface area contributed by atoms with E-state index in [1.807, 2.05) is 0 Å². The average molecular weight is 453 g/mol. The Balaban J connectivity index is 1.70. The predicted octanol–water partition coefficient (Wildman–Crippen LogP) is 4.84. The van der Waals surface area contributed by atoms with Gasteiger partial charge in [0, 0.05) is 5.69 Å². The number of hydrogen-bond donors (Lipinski definition) is 1. The summed E-state index contributed by atoms with van der Waals surface area (Å²) < 4.78 is 5.38. The summed E-state index contributed by atoms with van der Waals surface area (Å²) in [5.41, 5.74) is 1.20. The van der Waals surface area contributed by atoms with Crippen LogP contribution < -0.4 is 10.1 Å². The van der Waals surface area contributed by atoms with E-state index in [1.165, 1.54) is 4.90 Å². The summed E-state index contributed by atoms with van der Waals surface area (Å²) in [5, 5.41) is 3.47. The minimum Gasteiger partial charge on any atom is -0.497 e. The molecule has 0 saturated carbocycles. The van der Waals surface area contributed by atoms with E-state index in [0.717, 1.165) is 11.8 Å². The molecule has 1 aliphatic heterocycles. The zero-order chi connectivity index (χ0) is 20.3. The number of thioether (sulfide) groups is 1. The van der Waals surface area contributed by atoms with Crippen LogP contribution in [0, 0.1) is 0 Å². The lowest BCUT2D eigenvalue weighted by molar-refractivity contribution is -0.126. The third-order valence-electron chi connectivity index (χ3n) is 3.82. The number of methoxy groups -OCH3 is 1. The number of hydrogen-bond acceptors (Lipinski definition) is 5. The molecule has 2 amide bonds. The van der Waals surface area contributed by atoms with Crippen LogP contribution in [0.1, 0.15) is 5.56 Å². The van der Waals surface area contributed by atoms with Gasteiger partial charge in [0.05, 0.1) is 22.1 Å². The Morgan fingerprint density at radius 2 is 1.96 bits per heavy atom. The van der Waals surface area contributed by atoms with Crippen molar-refractivity contribution in [2.45, 2.75) is 0 Å². The van der Waals surface area contributed by atoms with E-state index in [0.29, 0.717) is 36.3 Å². The van der Waals surface area contributed by atoms with Gasteiger partial charge in [-0.2, -0.15) is 0 Å². The maximum absolute atomic E-state index is 12.7. The molecule has 2 aromatic carbocycles. The van der Waals surface area contributed by atoms with Crippen molar-refractivity contribution in [3.63, 3.8) is 0 Å². The molecule has 2 aromatic rings. The van der Waals surface area contributed by atoms with Gasteiger partial charge in [-0.05, 0) is 42.0 Å². The van der Waals surface area contributed by atoms with E-state index in [4.69, 9.17) is 40.2 Å². The van der Waals surface area contributed by atoms with Crippen molar-refractivity contribution in [1.82, 2.24) is 4.90 Å². The molecule has 144 valence electrons. The lowest BCUT2D eigenvalue weighted by Gasteiger charge is -2.14. The minimum atomic E-state index is -0.358. The van der Waals surface area contributed by atoms with Crippen molar-refractivity contribution in [2.24, 2.45) is 0 Å². The highest BCUT2D eigenvalue weighted by Gasteiger charge is 2.33. The third kappa shape index (κ3) is 4.67. The molecule has 0 bridgehead atoms. The SMILES string of the molecule is COc1ccc(NC(=O)CN2C(=O)/C(=C/c3cccc(Cl)c3Cl)SC2=S)cc1. The first-order chi connectivity index (χ1) is 13.4. The Labute approximate surface area is 181 Å². The van der Waals surface area contributed by atoms with E-state index in [2.05, 4.69) is 5.32 Å². The van der Waals surface area contributed by atoms with E-state index in [9.17, 15) is 9.59 Å². The molecule has 5 nitrogen and oxygen atoms in total. The summed E-state index contributed by atoms with van der Waals surface area (Å²) in [6.45, 7) is -0.183. The summed E-state index contributed by atoms with van der Waals surface area (Å²) in [6, 6.07) is 12.0. The third-order valence-corrected chi connectivity index (χ3v) is 6.03. The molecule has 1 aliphatic rings. The Bertz CT molecular complexity index is 978. The molecule has 0 atom stereocenters. The molecule has 0 unspecified atom stereocenters. The van der Waals surface area contributed by atoms with Crippen LogP contribution in [0.4, 0.5) is 5.69 Å². The molecule has 0 spiro atoms. The van der Waals surface area contributed by atoms with Gasteiger partial charge < -0.3 is 10.1 Å².